The van der Waals surface area contributed by atoms with Gasteiger partial charge in [-0.3, -0.25) is 4.79 Å². The largest absolute Gasteiger partial charge is 0.381 e. The molecule has 0 heterocycles. The van der Waals surface area contributed by atoms with Crippen molar-refractivity contribution >= 4 is 5.91 Å². The summed E-state index contributed by atoms with van der Waals surface area (Å²) in [6.07, 6.45) is 0. The molecule has 1 N–H and O–H groups in total. The summed E-state index contributed by atoms with van der Waals surface area (Å²) >= 11 is 0. The minimum absolute atomic E-state index is 0.269. The van der Waals surface area contributed by atoms with Crippen molar-refractivity contribution in [1.29, 1.82) is 0 Å². The third kappa shape index (κ3) is 3.35. The molecule has 0 aliphatic heterocycles. The number of nitrogens with zero attached hydrogens (tertiary/aromatic N) is 1. The molecular formula is C13H19NO2. The number of carbonyl (C=O) groups excluding carboxylic acids is 1. The number of aliphatic hydroxyl groups is 1. The van der Waals surface area contributed by atoms with E-state index in [1.54, 1.807) is 7.05 Å². The van der Waals surface area contributed by atoms with Crippen molar-refractivity contribution in [3.63, 3.8) is 0 Å². The highest BCUT2D eigenvalue weighted by atomic mass is 16.3. The number of aryl methyl sites for hydroxylation is 1. The molecule has 1 amide bonds. The molecule has 0 aliphatic rings. The molecule has 0 aliphatic carbocycles. The quantitative estimate of drug-likeness (QED) is 0.844. The number of hydrogen-bond acceptors (Lipinski definition) is 2. The maximum absolute atomic E-state index is 11.7. The fraction of sp³-hybridized carbons (Fsp3) is 0.462. The van der Waals surface area contributed by atoms with E-state index in [-0.39, 0.29) is 5.91 Å². The Hall–Kier alpha value is -1.35. The molecule has 0 aromatic heterocycles. The molecule has 0 fully saturated rings. The summed E-state index contributed by atoms with van der Waals surface area (Å²) in [4.78, 5) is 13.3. The van der Waals surface area contributed by atoms with Crippen LogP contribution in [-0.2, 0) is 11.3 Å². The maximum atomic E-state index is 11.7. The van der Waals surface area contributed by atoms with Gasteiger partial charge in [-0.05, 0) is 26.3 Å². The van der Waals surface area contributed by atoms with Gasteiger partial charge in [-0.2, -0.15) is 0 Å². The summed E-state index contributed by atoms with van der Waals surface area (Å²) in [7, 11) is 1.70. The van der Waals surface area contributed by atoms with Gasteiger partial charge in [0.15, 0.2) is 0 Å². The number of likely N-dealkylation sites (N-methyl/N-ethyl adjacent to an activating group) is 1. The lowest BCUT2D eigenvalue weighted by molar-refractivity contribution is -0.146. The van der Waals surface area contributed by atoms with E-state index >= 15 is 0 Å². The smallest absolute Gasteiger partial charge is 0.253 e. The Morgan fingerprint density at radius 1 is 1.44 bits per heavy atom. The zero-order valence-electron chi connectivity index (χ0n) is 10.3. The van der Waals surface area contributed by atoms with Gasteiger partial charge in [0.2, 0.25) is 0 Å². The number of carbonyl (C=O) groups is 1. The van der Waals surface area contributed by atoms with Gasteiger partial charge in [-0.1, -0.05) is 29.8 Å². The Kier molecular flexibility index (Phi) is 3.70. The normalized spacial score (nSPS) is 11.3. The number of hydrogen-bond donors (Lipinski definition) is 1. The minimum Gasteiger partial charge on any atom is -0.381 e. The number of benzene rings is 1. The Bertz CT molecular complexity index is 380. The van der Waals surface area contributed by atoms with Gasteiger partial charge < -0.3 is 10.0 Å². The van der Waals surface area contributed by atoms with Crippen LogP contribution in [-0.4, -0.2) is 28.6 Å². The van der Waals surface area contributed by atoms with E-state index in [4.69, 9.17) is 0 Å². The van der Waals surface area contributed by atoms with Gasteiger partial charge in [0.25, 0.3) is 5.91 Å². The lowest BCUT2D eigenvalue weighted by atomic mass is 10.1. The van der Waals surface area contributed by atoms with Gasteiger partial charge >= 0.3 is 0 Å². The van der Waals surface area contributed by atoms with Crippen LogP contribution >= 0.6 is 0 Å². The predicted molar refractivity (Wildman–Crippen MR) is 64.0 cm³/mol. The van der Waals surface area contributed by atoms with Crippen molar-refractivity contribution in [1.82, 2.24) is 4.90 Å². The van der Waals surface area contributed by atoms with Crippen LogP contribution in [0.5, 0.6) is 0 Å². The van der Waals surface area contributed by atoms with E-state index in [1.165, 1.54) is 24.3 Å². The Morgan fingerprint density at radius 2 is 2.06 bits per heavy atom. The highest BCUT2D eigenvalue weighted by Gasteiger charge is 2.27. The number of amides is 1. The van der Waals surface area contributed by atoms with Gasteiger partial charge in [-0.15, -0.1) is 0 Å². The molecule has 1 aromatic carbocycles. The second-order valence-corrected chi connectivity index (χ2v) is 4.71. The van der Waals surface area contributed by atoms with Crippen LogP contribution in [0, 0.1) is 6.92 Å². The van der Waals surface area contributed by atoms with E-state index in [0.717, 1.165) is 5.56 Å². The second kappa shape index (κ2) is 4.66. The fourth-order valence-corrected chi connectivity index (χ4v) is 1.62. The summed E-state index contributed by atoms with van der Waals surface area (Å²) in [6, 6.07) is 7.99. The molecule has 0 saturated heterocycles. The van der Waals surface area contributed by atoms with Crippen LogP contribution in [0.25, 0.3) is 0 Å². The van der Waals surface area contributed by atoms with Crippen LogP contribution < -0.4 is 0 Å². The van der Waals surface area contributed by atoms with Gasteiger partial charge in [0.05, 0.1) is 0 Å². The molecule has 0 unspecified atom stereocenters. The molecule has 0 spiro atoms. The SMILES string of the molecule is Cc1cccc(CN(C)C(=O)C(C)(C)O)c1. The van der Waals surface area contributed by atoms with Gasteiger partial charge in [-0.25, -0.2) is 0 Å². The van der Waals surface area contributed by atoms with Crippen LogP contribution in [0.2, 0.25) is 0 Å². The molecule has 88 valence electrons. The summed E-state index contributed by atoms with van der Waals surface area (Å²) in [5.41, 5.74) is 0.931. The average Bonchev–Trinajstić information content (AvgIpc) is 2.15. The summed E-state index contributed by atoms with van der Waals surface area (Å²) in [5.74, 6) is -0.269. The zero-order valence-corrected chi connectivity index (χ0v) is 10.3. The number of rotatable bonds is 3. The molecule has 3 nitrogen and oxygen atoms in total. The van der Waals surface area contributed by atoms with E-state index < -0.39 is 5.60 Å². The van der Waals surface area contributed by atoms with Gasteiger partial charge in [0, 0.05) is 13.6 Å². The van der Waals surface area contributed by atoms with Crippen molar-refractivity contribution in [3.05, 3.63) is 35.4 Å². The standard InChI is InChI=1S/C13H19NO2/c1-10-6-5-7-11(8-10)9-14(4)12(15)13(2,3)16/h5-8,16H,9H2,1-4H3. The van der Waals surface area contributed by atoms with E-state index in [1.807, 2.05) is 31.2 Å². The molecule has 1 aromatic rings. The first-order valence-electron chi connectivity index (χ1n) is 5.34. The topological polar surface area (TPSA) is 40.5 Å². The van der Waals surface area contributed by atoms with Crippen molar-refractivity contribution in [2.75, 3.05) is 7.05 Å². The third-order valence-electron chi connectivity index (χ3n) is 2.37. The summed E-state index contributed by atoms with van der Waals surface area (Å²) in [5, 5.41) is 9.60. The predicted octanol–water partition coefficient (Wildman–Crippen LogP) is 1.72. The lowest BCUT2D eigenvalue weighted by Gasteiger charge is -2.25. The first-order valence-corrected chi connectivity index (χ1v) is 5.34. The van der Waals surface area contributed by atoms with Crippen molar-refractivity contribution in [2.24, 2.45) is 0 Å². The molecule has 0 bridgehead atoms. The maximum Gasteiger partial charge on any atom is 0.253 e. The van der Waals surface area contributed by atoms with Crippen molar-refractivity contribution in [3.8, 4) is 0 Å². The highest BCUT2D eigenvalue weighted by Crippen LogP contribution is 2.11. The summed E-state index contributed by atoms with van der Waals surface area (Å²) < 4.78 is 0. The molecule has 0 saturated carbocycles. The molecule has 0 radical (unpaired) electrons. The van der Waals surface area contributed by atoms with Crippen LogP contribution in [0.15, 0.2) is 24.3 Å². The van der Waals surface area contributed by atoms with E-state index in [2.05, 4.69) is 0 Å². The molecule has 3 heteroatoms. The highest BCUT2D eigenvalue weighted by molar-refractivity contribution is 5.83. The van der Waals surface area contributed by atoms with Crippen molar-refractivity contribution < 1.29 is 9.90 Å². The Morgan fingerprint density at radius 3 is 2.56 bits per heavy atom. The summed E-state index contributed by atoms with van der Waals surface area (Å²) in [6.45, 7) is 5.54. The average molecular weight is 221 g/mol. The monoisotopic (exact) mass is 221 g/mol. The van der Waals surface area contributed by atoms with Crippen LogP contribution in [0.4, 0.5) is 0 Å². The van der Waals surface area contributed by atoms with Crippen LogP contribution in [0.3, 0.4) is 0 Å². The zero-order chi connectivity index (χ0) is 12.3. The third-order valence-corrected chi connectivity index (χ3v) is 2.37. The van der Waals surface area contributed by atoms with E-state index in [9.17, 15) is 9.90 Å². The van der Waals surface area contributed by atoms with Crippen molar-refractivity contribution in [2.45, 2.75) is 32.9 Å². The molecular weight excluding hydrogens is 202 g/mol. The van der Waals surface area contributed by atoms with Gasteiger partial charge in [0.1, 0.15) is 5.60 Å². The first-order chi connectivity index (χ1) is 7.30. The Labute approximate surface area is 96.7 Å². The molecule has 16 heavy (non-hydrogen) atoms. The van der Waals surface area contributed by atoms with E-state index in [0.29, 0.717) is 6.54 Å². The lowest BCUT2D eigenvalue weighted by Crippen LogP contribution is -2.42. The molecule has 0 atom stereocenters. The fourth-order valence-electron chi connectivity index (χ4n) is 1.62. The first kappa shape index (κ1) is 12.7. The van der Waals surface area contributed by atoms with Crippen LogP contribution in [0.1, 0.15) is 25.0 Å². The Balaban J connectivity index is 2.72. The second-order valence-electron chi connectivity index (χ2n) is 4.71. The minimum atomic E-state index is -1.31. The molecule has 1 rings (SSSR count).